The maximum absolute atomic E-state index is 5.35. The van der Waals surface area contributed by atoms with Crippen molar-refractivity contribution in [2.24, 2.45) is 5.11 Å². The van der Waals surface area contributed by atoms with Crippen molar-refractivity contribution in [1.29, 1.82) is 0 Å². The summed E-state index contributed by atoms with van der Waals surface area (Å²) >= 11 is 0. The van der Waals surface area contributed by atoms with Gasteiger partial charge in [-0.25, -0.2) is 0 Å². The van der Waals surface area contributed by atoms with Crippen molar-refractivity contribution in [3.05, 3.63) is 193 Å². The summed E-state index contributed by atoms with van der Waals surface area (Å²) in [7, 11) is 2.10. The Labute approximate surface area is 340 Å². The first-order valence-corrected chi connectivity index (χ1v) is 20.9. The van der Waals surface area contributed by atoms with Crippen LogP contribution in [0.2, 0.25) is 0 Å². The lowest BCUT2D eigenvalue weighted by atomic mass is 9.86. The van der Waals surface area contributed by atoms with Crippen molar-refractivity contribution in [3.8, 4) is 55.6 Å². The summed E-state index contributed by atoms with van der Waals surface area (Å²) < 4.78 is 2.09. The molecule has 0 atom stereocenters. The van der Waals surface area contributed by atoms with Crippen LogP contribution in [0.1, 0.15) is 69.9 Å². The molecule has 0 heterocycles. The van der Waals surface area contributed by atoms with E-state index >= 15 is 0 Å². The van der Waals surface area contributed by atoms with Crippen molar-refractivity contribution in [2.75, 3.05) is 7.05 Å². The highest BCUT2D eigenvalue weighted by Gasteiger charge is 2.20. The Hall–Kier alpha value is -6.12. The second kappa shape index (κ2) is 19.6. The minimum absolute atomic E-state index is 0.840. The van der Waals surface area contributed by atoms with Gasteiger partial charge in [-0.1, -0.05) is 208 Å². The van der Waals surface area contributed by atoms with E-state index in [1.54, 1.807) is 0 Å². The van der Waals surface area contributed by atoms with E-state index in [-0.39, 0.29) is 0 Å². The first kappa shape index (κ1) is 39.1. The number of unbranched alkanes of at least 4 members (excludes halogenated alkanes) is 5. The third kappa shape index (κ3) is 9.83. The molecule has 0 N–H and O–H groups in total. The summed E-state index contributed by atoms with van der Waals surface area (Å²) in [6.07, 6.45) is 11.9. The largest absolute Gasteiger partial charge is 0.208 e. The average molecular weight is 744 g/mol. The number of azo groups is 2. The molecular formula is C55H55N2+. The number of benzene rings is 7. The van der Waals surface area contributed by atoms with Gasteiger partial charge in [-0.05, 0) is 103 Å². The molecule has 0 aliphatic carbocycles. The van der Waals surface area contributed by atoms with E-state index in [0.29, 0.717) is 0 Å². The molecule has 0 aliphatic rings. The molecule has 0 aromatic heterocycles. The molecule has 0 spiro atoms. The fourth-order valence-corrected chi connectivity index (χ4v) is 8.04. The summed E-state index contributed by atoms with van der Waals surface area (Å²) in [6, 6.07) is 63.4. The first-order chi connectivity index (χ1) is 28.1. The van der Waals surface area contributed by atoms with Gasteiger partial charge in [0.25, 0.3) is 0 Å². The Bertz CT molecular complexity index is 2330. The molecule has 2 nitrogen and oxygen atoms in total. The summed E-state index contributed by atoms with van der Waals surface area (Å²) in [5, 5.41) is 5.35. The van der Waals surface area contributed by atoms with Gasteiger partial charge in [-0.2, -0.15) is 0 Å². The number of hydrogen-bond donors (Lipinski definition) is 0. The van der Waals surface area contributed by atoms with Gasteiger partial charge < -0.3 is 0 Å². The van der Waals surface area contributed by atoms with E-state index in [1.165, 1.54) is 105 Å². The van der Waals surface area contributed by atoms with E-state index in [2.05, 4.69) is 208 Å². The highest BCUT2D eigenvalue weighted by Crippen LogP contribution is 2.43. The zero-order chi connectivity index (χ0) is 39.2. The van der Waals surface area contributed by atoms with Gasteiger partial charge in [0.15, 0.2) is 7.05 Å². The zero-order valence-corrected chi connectivity index (χ0v) is 33.9. The number of rotatable bonds is 16. The summed E-state index contributed by atoms with van der Waals surface area (Å²) in [5.74, 6) is 0. The molecular weight excluding hydrogens is 689 g/mol. The van der Waals surface area contributed by atoms with Crippen LogP contribution >= 0.6 is 0 Å². The van der Waals surface area contributed by atoms with Gasteiger partial charge in [0, 0.05) is 12.5 Å². The van der Waals surface area contributed by atoms with E-state index in [9.17, 15) is 0 Å². The molecule has 0 radical (unpaired) electrons. The Morgan fingerprint density at radius 2 is 0.895 bits per heavy atom. The smallest absolute Gasteiger partial charge is 0.0906 e. The highest BCUT2D eigenvalue weighted by atomic mass is 15.3. The quantitative estimate of drug-likeness (QED) is 0.0532. The number of aryl methyl sites for hydroxylation is 1. The van der Waals surface area contributed by atoms with Gasteiger partial charge in [-0.3, -0.25) is 0 Å². The highest BCUT2D eigenvalue weighted by molar-refractivity contribution is 5.96. The average Bonchev–Trinajstić information content (AvgIpc) is 3.27. The molecule has 7 aromatic carbocycles. The van der Waals surface area contributed by atoms with Crippen molar-refractivity contribution in [2.45, 2.75) is 65.2 Å². The summed E-state index contributed by atoms with van der Waals surface area (Å²) in [5.41, 5.74) is 16.9. The van der Waals surface area contributed by atoms with Gasteiger partial charge in [0.05, 0.1) is 0 Å². The molecule has 0 unspecified atom stereocenters. The lowest BCUT2D eigenvalue weighted by molar-refractivity contribution is -0.512. The fourth-order valence-electron chi connectivity index (χ4n) is 8.04. The van der Waals surface area contributed by atoms with Crippen LogP contribution in [-0.2, 0) is 6.42 Å². The van der Waals surface area contributed by atoms with Gasteiger partial charge in [0.2, 0.25) is 5.70 Å². The lowest BCUT2D eigenvalue weighted by Crippen LogP contribution is -2.02. The fraction of sp³-hybridized carbons (Fsp3) is 0.200. The molecule has 0 bridgehead atoms. The molecule has 0 fully saturated rings. The van der Waals surface area contributed by atoms with Crippen molar-refractivity contribution in [3.63, 3.8) is 0 Å². The normalized spacial score (nSPS) is 11.8. The monoisotopic (exact) mass is 743 g/mol. The maximum Gasteiger partial charge on any atom is 0.208 e. The Kier molecular flexibility index (Phi) is 13.5. The first-order valence-electron chi connectivity index (χ1n) is 20.9. The molecule has 0 saturated heterocycles. The van der Waals surface area contributed by atoms with Gasteiger partial charge in [0.1, 0.15) is 5.69 Å². The SMILES string of the molecule is CCCCCCCCc1cc(C=C(CC)[N+](C)=Nc2cc(-c3ccccc3)c(-c3ccccc3)c(-c3ccccc3)c2)cc(-c2ccccc2)c1-c1ccccc1. The van der Waals surface area contributed by atoms with Crippen molar-refractivity contribution >= 4 is 11.8 Å². The maximum atomic E-state index is 5.35. The Balaban J connectivity index is 1.35. The van der Waals surface area contributed by atoms with Gasteiger partial charge >= 0.3 is 0 Å². The molecule has 0 aliphatic heterocycles. The molecule has 57 heavy (non-hydrogen) atoms. The van der Waals surface area contributed by atoms with E-state index < -0.39 is 0 Å². The topological polar surface area (TPSA) is 15.4 Å². The number of nitrogens with zero attached hydrogens (tertiary/aromatic N) is 2. The van der Waals surface area contributed by atoms with Crippen LogP contribution in [0.25, 0.3) is 61.7 Å². The summed E-state index contributed by atoms with van der Waals surface area (Å²) in [6.45, 7) is 4.52. The van der Waals surface area contributed by atoms with E-state index in [0.717, 1.165) is 24.2 Å². The standard InChI is InChI=1S/C55H55N2/c1-4-6-7-8-9-15-36-48-37-42(39-51(43-26-16-10-17-27-43)54(48)46-32-22-13-23-33-46)38-50(5-2)57(3)56-49-40-52(44-28-18-11-19-29-44)55(47-34-24-14-25-35-47)53(41-49)45-30-20-12-21-31-45/h10-14,16-35,37-41H,4-9,15,36H2,1-3H3/q+1. The van der Waals surface area contributed by atoms with Crippen LogP contribution in [-0.4, -0.2) is 11.7 Å². The molecule has 7 aromatic rings. The lowest BCUT2D eigenvalue weighted by Gasteiger charge is -2.18. The van der Waals surface area contributed by atoms with Crippen LogP contribution in [0.4, 0.5) is 5.69 Å². The molecule has 284 valence electrons. The molecule has 0 amide bonds. The van der Waals surface area contributed by atoms with E-state index in [1.807, 2.05) is 0 Å². The molecule has 2 heteroatoms. The van der Waals surface area contributed by atoms with Gasteiger partial charge in [-0.15, -0.1) is 0 Å². The number of allylic oxidation sites excluding steroid dienone is 1. The van der Waals surface area contributed by atoms with Crippen LogP contribution in [0, 0.1) is 0 Å². The van der Waals surface area contributed by atoms with Crippen LogP contribution < -0.4 is 0 Å². The van der Waals surface area contributed by atoms with Crippen molar-refractivity contribution in [1.82, 2.24) is 0 Å². The second-order valence-corrected chi connectivity index (χ2v) is 15.0. The Morgan fingerprint density at radius 3 is 1.37 bits per heavy atom. The predicted octanol–water partition coefficient (Wildman–Crippen LogP) is 16.1. The third-order valence-electron chi connectivity index (χ3n) is 10.9. The minimum atomic E-state index is 0.840. The molecule has 7 rings (SSSR count). The van der Waals surface area contributed by atoms with Crippen LogP contribution in [0.5, 0.6) is 0 Å². The third-order valence-corrected chi connectivity index (χ3v) is 10.9. The summed E-state index contributed by atoms with van der Waals surface area (Å²) in [4.78, 5) is 0. The zero-order valence-electron chi connectivity index (χ0n) is 33.9. The van der Waals surface area contributed by atoms with Crippen LogP contribution in [0.3, 0.4) is 0 Å². The van der Waals surface area contributed by atoms with Crippen molar-refractivity contribution < 1.29 is 4.70 Å². The molecule has 0 saturated carbocycles. The number of hydrogen-bond acceptors (Lipinski definition) is 1. The van der Waals surface area contributed by atoms with E-state index in [4.69, 9.17) is 5.11 Å². The van der Waals surface area contributed by atoms with Crippen LogP contribution in [0.15, 0.2) is 187 Å². The predicted molar refractivity (Wildman–Crippen MR) is 244 cm³/mol. The second-order valence-electron chi connectivity index (χ2n) is 15.0. The minimum Gasteiger partial charge on any atom is -0.0906 e. The Morgan fingerprint density at radius 1 is 0.474 bits per heavy atom.